The number of hydrogen-bond acceptors (Lipinski definition) is 1. The third kappa shape index (κ3) is 2.11. The topological polar surface area (TPSA) is 27.0 Å². The molecular formula is C13H18FN2. The first kappa shape index (κ1) is 11.6. The maximum atomic E-state index is 13.7. The molecule has 0 bridgehead atoms. The van der Waals surface area contributed by atoms with Gasteiger partial charge in [-0.2, -0.15) is 0 Å². The van der Waals surface area contributed by atoms with E-state index in [0.29, 0.717) is 12.6 Å². The van der Waals surface area contributed by atoms with Crippen LogP contribution in [-0.2, 0) is 0 Å². The monoisotopic (exact) mass is 221 g/mol. The lowest BCUT2D eigenvalue weighted by Crippen LogP contribution is -2.29. The van der Waals surface area contributed by atoms with E-state index in [2.05, 4.69) is 11.9 Å². The Morgan fingerprint density at radius 3 is 2.88 bits per heavy atom. The van der Waals surface area contributed by atoms with Crippen molar-refractivity contribution in [2.45, 2.75) is 24.8 Å². The van der Waals surface area contributed by atoms with Crippen LogP contribution in [0.5, 0.6) is 0 Å². The van der Waals surface area contributed by atoms with E-state index in [4.69, 9.17) is 5.73 Å². The fourth-order valence-electron chi connectivity index (χ4n) is 2.72. The Hall–Kier alpha value is -0.930. The molecule has 2 nitrogen and oxygen atoms in total. The molecule has 0 aromatic heterocycles. The molecule has 1 aliphatic heterocycles. The van der Waals surface area contributed by atoms with Crippen molar-refractivity contribution in [1.82, 2.24) is 10.6 Å². The summed E-state index contributed by atoms with van der Waals surface area (Å²) in [4.78, 5) is 2.26. The number of halogens is 1. The fraction of sp³-hybridized carbons (Fsp3) is 0.538. The molecule has 3 heteroatoms. The zero-order valence-corrected chi connectivity index (χ0v) is 9.62. The van der Waals surface area contributed by atoms with E-state index < -0.39 is 0 Å². The molecule has 2 unspecified atom stereocenters. The SMILES string of the molecule is CN1CCC(c2ccccc2F)C1CC[NH]. The minimum Gasteiger partial charge on any atom is -0.303 e. The van der Waals surface area contributed by atoms with E-state index in [-0.39, 0.29) is 11.7 Å². The Kier molecular flexibility index (Phi) is 3.56. The summed E-state index contributed by atoms with van der Waals surface area (Å²) in [5.41, 5.74) is 8.17. The number of benzene rings is 1. The van der Waals surface area contributed by atoms with Crippen molar-refractivity contribution in [3.8, 4) is 0 Å². The Morgan fingerprint density at radius 1 is 1.44 bits per heavy atom. The van der Waals surface area contributed by atoms with E-state index in [1.807, 2.05) is 12.1 Å². The molecule has 2 rings (SSSR count). The van der Waals surface area contributed by atoms with E-state index in [9.17, 15) is 4.39 Å². The van der Waals surface area contributed by atoms with E-state index in [0.717, 1.165) is 24.9 Å². The first-order chi connectivity index (χ1) is 7.74. The van der Waals surface area contributed by atoms with Crippen LogP contribution in [0.25, 0.3) is 0 Å². The van der Waals surface area contributed by atoms with Crippen LogP contribution in [-0.4, -0.2) is 31.1 Å². The second-order valence-corrected chi connectivity index (χ2v) is 4.50. The van der Waals surface area contributed by atoms with Crippen LogP contribution in [0.4, 0.5) is 4.39 Å². The highest BCUT2D eigenvalue weighted by Gasteiger charge is 2.33. The Bertz CT molecular complexity index is 354. The van der Waals surface area contributed by atoms with E-state index in [1.54, 1.807) is 6.07 Å². The van der Waals surface area contributed by atoms with Gasteiger partial charge < -0.3 is 4.90 Å². The molecule has 0 amide bonds. The van der Waals surface area contributed by atoms with Crippen molar-refractivity contribution < 1.29 is 4.39 Å². The molecule has 1 heterocycles. The zero-order valence-electron chi connectivity index (χ0n) is 9.62. The van der Waals surface area contributed by atoms with Gasteiger partial charge in [0.1, 0.15) is 5.82 Å². The van der Waals surface area contributed by atoms with Crippen molar-refractivity contribution in [2.75, 3.05) is 20.1 Å². The highest BCUT2D eigenvalue weighted by Crippen LogP contribution is 2.35. The Morgan fingerprint density at radius 2 is 2.19 bits per heavy atom. The van der Waals surface area contributed by atoms with Gasteiger partial charge in [0.15, 0.2) is 0 Å². The van der Waals surface area contributed by atoms with Gasteiger partial charge in [0.05, 0.1) is 0 Å². The molecule has 1 radical (unpaired) electrons. The number of hydrogen-bond donors (Lipinski definition) is 0. The minimum absolute atomic E-state index is 0.0993. The number of nitrogens with zero attached hydrogens (tertiary/aromatic N) is 1. The Balaban J connectivity index is 2.23. The third-order valence-corrected chi connectivity index (χ3v) is 3.57. The first-order valence-corrected chi connectivity index (χ1v) is 5.83. The summed E-state index contributed by atoms with van der Waals surface area (Å²) >= 11 is 0. The summed E-state index contributed by atoms with van der Waals surface area (Å²) in [6.45, 7) is 1.42. The first-order valence-electron chi connectivity index (χ1n) is 5.83. The molecule has 0 saturated carbocycles. The number of nitrogens with one attached hydrogen (secondary N) is 1. The smallest absolute Gasteiger partial charge is 0.126 e. The van der Waals surface area contributed by atoms with Gasteiger partial charge in [-0.3, -0.25) is 5.73 Å². The van der Waals surface area contributed by atoms with Gasteiger partial charge in [-0.1, -0.05) is 18.2 Å². The van der Waals surface area contributed by atoms with Gasteiger partial charge in [-0.05, 0) is 38.1 Å². The van der Waals surface area contributed by atoms with Crippen LogP contribution in [0, 0.1) is 5.82 Å². The van der Waals surface area contributed by atoms with Crippen molar-refractivity contribution in [1.29, 1.82) is 0 Å². The molecule has 2 atom stereocenters. The van der Waals surface area contributed by atoms with E-state index >= 15 is 0 Å². The summed E-state index contributed by atoms with van der Waals surface area (Å²) in [5, 5.41) is 0. The quantitative estimate of drug-likeness (QED) is 0.769. The Labute approximate surface area is 96.2 Å². The molecule has 1 N–H and O–H groups in total. The lowest BCUT2D eigenvalue weighted by Gasteiger charge is -2.24. The molecule has 1 aliphatic rings. The van der Waals surface area contributed by atoms with E-state index in [1.165, 1.54) is 6.07 Å². The van der Waals surface area contributed by atoms with Gasteiger partial charge in [-0.15, -0.1) is 0 Å². The lowest BCUT2D eigenvalue weighted by molar-refractivity contribution is 0.283. The van der Waals surface area contributed by atoms with Crippen molar-refractivity contribution in [2.24, 2.45) is 0 Å². The predicted octanol–water partition coefficient (Wildman–Crippen LogP) is 2.29. The summed E-state index contributed by atoms with van der Waals surface area (Å²) in [7, 11) is 2.07. The maximum Gasteiger partial charge on any atom is 0.126 e. The molecule has 1 fully saturated rings. The van der Waals surface area contributed by atoms with Gasteiger partial charge in [0.2, 0.25) is 0 Å². The normalized spacial score (nSPS) is 26.2. The molecule has 1 aromatic carbocycles. The molecule has 1 saturated heterocycles. The molecule has 16 heavy (non-hydrogen) atoms. The molecule has 0 spiro atoms. The van der Waals surface area contributed by atoms with Crippen LogP contribution < -0.4 is 5.73 Å². The van der Waals surface area contributed by atoms with Crippen LogP contribution in [0.3, 0.4) is 0 Å². The number of likely N-dealkylation sites (N-methyl/N-ethyl adjacent to an activating group) is 1. The summed E-state index contributed by atoms with van der Waals surface area (Å²) in [5.74, 6) is 0.161. The van der Waals surface area contributed by atoms with Crippen LogP contribution in [0.2, 0.25) is 0 Å². The molecule has 1 aromatic rings. The van der Waals surface area contributed by atoms with Gasteiger partial charge in [0, 0.05) is 18.5 Å². The largest absolute Gasteiger partial charge is 0.303 e. The third-order valence-electron chi connectivity index (χ3n) is 3.57. The number of likely N-dealkylation sites (tertiary alicyclic amines) is 1. The van der Waals surface area contributed by atoms with Crippen LogP contribution >= 0.6 is 0 Å². The zero-order chi connectivity index (χ0) is 11.5. The van der Waals surface area contributed by atoms with Crippen molar-refractivity contribution in [3.63, 3.8) is 0 Å². The summed E-state index contributed by atoms with van der Waals surface area (Å²) < 4.78 is 13.7. The van der Waals surface area contributed by atoms with Gasteiger partial charge in [0.25, 0.3) is 0 Å². The lowest BCUT2D eigenvalue weighted by atomic mass is 9.89. The fourth-order valence-corrected chi connectivity index (χ4v) is 2.72. The summed E-state index contributed by atoms with van der Waals surface area (Å²) in [6, 6.07) is 7.38. The molecule has 0 aliphatic carbocycles. The predicted molar refractivity (Wildman–Crippen MR) is 62.8 cm³/mol. The minimum atomic E-state index is -0.0993. The number of rotatable bonds is 3. The highest BCUT2D eigenvalue weighted by molar-refractivity contribution is 5.24. The van der Waals surface area contributed by atoms with Crippen molar-refractivity contribution >= 4 is 0 Å². The van der Waals surface area contributed by atoms with Crippen LogP contribution in [0.1, 0.15) is 24.3 Å². The maximum absolute atomic E-state index is 13.7. The van der Waals surface area contributed by atoms with Gasteiger partial charge in [-0.25, -0.2) is 4.39 Å². The highest BCUT2D eigenvalue weighted by atomic mass is 19.1. The van der Waals surface area contributed by atoms with Crippen molar-refractivity contribution in [3.05, 3.63) is 35.6 Å². The molecular weight excluding hydrogens is 203 g/mol. The summed E-state index contributed by atoms with van der Waals surface area (Å²) in [6.07, 6.45) is 1.83. The second-order valence-electron chi connectivity index (χ2n) is 4.50. The second kappa shape index (κ2) is 4.93. The van der Waals surface area contributed by atoms with Gasteiger partial charge >= 0.3 is 0 Å². The van der Waals surface area contributed by atoms with Crippen LogP contribution in [0.15, 0.2) is 24.3 Å². The molecule has 87 valence electrons. The average molecular weight is 221 g/mol. The average Bonchev–Trinajstić information content (AvgIpc) is 2.62. The standard InChI is InChI=1S/C13H18FN2/c1-16-9-7-11(13(16)6-8-15)10-4-2-3-5-12(10)14/h2-5,11,13,15H,6-9H2,1H3.